The minimum atomic E-state index is -0.180. The number of hydrogen-bond donors (Lipinski definition) is 0. The molecule has 0 amide bonds. The van der Waals surface area contributed by atoms with Crippen LogP contribution in [0.25, 0.3) is 15.8 Å². The topological polar surface area (TPSA) is 29.0 Å². The molecule has 3 nitrogen and oxygen atoms in total. The maximum atomic E-state index is 14.0. The van der Waals surface area contributed by atoms with Crippen molar-refractivity contribution in [2.24, 2.45) is 0 Å². The van der Waals surface area contributed by atoms with Crippen LogP contribution in [-0.2, 0) is 6.54 Å². The van der Waals surface area contributed by atoms with Crippen molar-refractivity contribution in [3.05, 3.63) is 113 Å². The zero-order valence-corrected chi connectivity index (χ0v) is 17.3. The van der Waals surface area contributed by atoms with E-state index in [-0.39, 0.29) is 11.9 Å². The molecular formula is C25H20FN3S. The predicted molar refractivity (Wildman–Crippen MR) is 120 cm³/mol. The summed E-state index contributed by atoms with van der Waals surface area (Å²) in [6.45, 7) is 2.53. The van der Waals surface area contributed by atoms with E-state index in [1.807, 2.05) is 36.8 Å². The summed E-state index contributed by atoms with van der Waals surface area (Å²) in [5, 5.41) is 0. The molecule has 1 unspecified atom stereocenters. The zero-order chi connectivity index (χ0) is 20.5. The Morgan fingerprint density at radius 3 is 2.90 bits per heavy atom. The van der Waals surface area contributed by atoms with Gasteiger partial charge in [-0.05, 0) is 65.1 Å². The Morgan fingerprint density at radius 1 is 1.13 bits per heavy atom. The number of fused-ring (bicyclic) bond motifs is 1. The van der Waals surface area contributed by atoms with Crippen LogP contribution in [0.15, 0.2) is 84.8 Å². The van der Waals surface area contributed by atoms with Crippen LogP contribution < -0.4 is 0 Å². The molecule has 5 rings (SSSR count). The Kier molecular flexibility index (Phi) is 4.89. The van der Waals surface area contributed by atoms with E-state index >= 15 is 0 Å². The van der Waals surface area contributed by atoms with Crippen LogP contribution >= 0.6 is 11.3 Å². The highest BCUT2D eigenvalue weighted by Gasteiger charge is 2.26. The Bertz CT molecular complexity index is 1260. The fourth-order valence-corrected chi connectivity index (χ4v) is 4.67. The van der Waals surface area contributed by atoms with Crippen LogP contribution in [0.3, 0.4) is 0 Å². The molecule has 0 N–H and O–H groups in total. The summed E-state index contributed by atoms with van der Waals surface area (Å²) in [6, 6.07) is 15.8. The van der Waals surface area contributed by atoms with Crippen LogP contribution in [0.4, 0.5) is 4.39 Å². The van der Waals surface area contributed by atoms with E-state index in [0.717, 1.165) is 26.9 Å². The van der Waals surface area contributed by atoms with Gasteiger partial charge < -0.3 is 4.90 Å². The first-order valence-corrected chi connectivity index (χ1v) is 10.7. The van der Waals surface area contributed by atoms with Gasteiger partial charge in [-0.2, -0.15) is 0 Å². The van der Waals surface area contributed by atoms with Crippen molar-refractivity contribution in [3.63, 3.8) is 0 Å². The van der Waals surface area contributed by atoms with Crippen LogP contribution in [0.5, 0.6) is 0 Å². The average Bonchev–Trinajstić information content (AvgIpc) is 3.24. The van der Waals surface area contributed by atoms with Crippen molar-refractivity contribution in [1.29, 1.82) is 0 Å². The molecule has 3 heterocycles. The molecule has 2 aromatic heterocycles. The van der Waals surface area contributed by atoms with Crippen molar-refractivity contribution in [2.45, 2.75) is 19.5 Å². The number of benzene rings is 2. The highest BCUT2D eigenvalue weighted by Crippen LogP contribution is 2.40. The average molecular weight is 414 g/mol. The van der Waals surface area contributed by atoms with Gasteiger partial charge in [-0.1, -0.05) is 30.3 Å². The predicted octanol–water partition coefficient (Wildman–Crippen LogP) is 6.29. The molecule has 30 heavy (non-hydrogen) atoms. The van der Waals surface area contributed by atoms with E-state index in [2.05, 4.69) is 57.5 Å². The Morgan fingerprint density at radius 2 is 2.07 bits per heavy atom. The maximum absolute atomic E-state index is 14.0. The second-order valence-corrected chi connectivity index (χ2v) is 8.33. The van der Waals surface area contributed by atoms with Crippen LogP contribution in [-0.4, -0.2) is 14.9 Å². The second-order valence-electron chi connectivity index (χ2n) is 7.44. The van der Waals surface area contributed by atoms with Crippen LogP contribution in [0.1, 0.15) is 28.3 Å². The van der Waals surface area contributed by atoms with Gasteiger partial charge in [-0.15, -0.1) is 11.3 Å². The second kappa shape index (κ2) is 7.84. The molecule has 0 radical (unpaired) electrons. The molecule has 0 saturated carbocycles. The van der Waals surface area contributed by atoms with E-state index in [4.69, 9.17) is 0 Å². The number of halogens is 1. The van der Waals surface area contributed by atoms with Crippen LogP contribution in [0, 0.1) is 12.7 Å². The fourth-order valence-electron chi connectivity index (χ4n) is 3.96. The number of pyridine rings is 1. The van der Waals surface area contributed by atoms with E-state index in [1.54, 1.807) is 23.6 Å². The molecule has 1 aliphatic heterocycles. The summed E-state index contributed by atoms with van der Waals surface area (Å²) in [5.74, 6) is -0.180. The third kappa shape index (κ3) is 3.53. The number of rotatable bonds is 4. The molecule has 148 valence electrons. The zero-order valence-electron chi connectivity index (χ0n) is 16.5. The quantitative estimate of drug-likeness (QED) is 0.393. The van der Waals surface area contributed by atoms with Gasteiger partial charge in [-0.3, -0.25) is 4.98 Å². The smallest absolute Gasteiger partial charge is 0.126 e. The summed E-state index contributed by atoms with van der Waals surface area (Å²) in [7, 11) is 0. The molecule has 0 fully saturated rings. The van der Waals surface area contributed by atoms with E-state index in [0.29, 0.717) is 12.1 Å². The Balaban J connectivity index is 1.60. The van der Waals surface area contributed by atoms with Crippen LogP contribution in [0.2, 0.25) is 0 Å². The van der Waals surface area contributed by atoms with Gasteiger partial charge in [0, 0.05) is 25.1 Å². The number of aromatic nitrogens is 2. The summed E-state index contributed by atoms with van der Waals surface area (Å²) in [5.41, 5.74) is 8.07. The molecule has 1 atom stereocenters. The fraction of sp³-hybridized carbons (Fsp3) is 0.120. The van der Waals surface area contributed by atoms with Gasteiger partial charge >= 0.3 is 0 Å². The summed E-state index contributed by atoms with van der Waals surface area (Å²) in [6.07, 6.45) is 10.0. The lowest BCUT2D eigenvalue weighted by Gasteiger charge is -2.35. The van der Waals surface area contributed by atoms with Crippen molar-refractivity contribution < 1.29 is 4.39 Å². The lowest BCUT2D eigenvalue weighted by molar-refractivity contribution is 0.321. The van der Waals surface area contributed by atoms with Gasteiger partial charge in [0.05, 0.1) is 21.8 Å². The van der Waals surface area contributed by atoms with E-state index in [9.17, 15) is 4.39 Å². The third-order valence-corrected chi connectivity index (χ3v) is 6.22. The molecule has 0 spiro atoms. The van der Waals surface area contributed by atoms with E-state index in [1.165, 1.54) is 5.57 Å². The Hall–Kier alpha value is -3.31. The van der Waals surface area contributed by atoms with Crippen molar-refractivity contribution >= 4 is 27.1 Å². The lowest BCUT2D eigenvalue weighted by atomic mass is 9.88. The summed E-state index contributed by atoms with van der Waals surface area (Å²) >= 11 is 1.64. The molecular weight excluding hydrogens is 393 g/mol. The molecule has 0 aliphatic carbocycles. The molecule has 2 aromatic carbocycles. The molecule has 1 aliphatic rings. The molecule has 4 aromatic rings. The molecule has 0 saturated heterocycles. The monoisotopic (exact) mass is 413 g/mol. The van der Waals surface area contributed by atoms with Gasteiger partial charge in [0.25, 0.3) is 0 Å². The van der Waals surface area contributed by atoms with Crippen molar-refractivity contribution in [2.75, 3.05) is 0 Å². The first kappa shape index (κ1) is 18.7. The summed E-state index contributed by atoms with van der Waals surface area (Å²) < 4.78 is 15.2. The highest BCUT2D eigenvalue weighted by molar-refractivity contribution is 7.16. The third-order valence-electron chi connectivity index (χ3n) is 5.43. The number of aryl methyl sites for hydroxylation is 1. The maximum Gasteiger partial charge on any atom is 0.126 e. The number of allylic oxidation sites excluding steroid dienone is 2. The van der Waals surface area contributed by atoms with E-state index < -0.39 is 0 Å². The largest absolute Gasteiger partial charge is 0.362 e. The van der Waals surface area contributed by atoms with Gasteiger partial charge in [0.2, 0.25) is 0 Å². The number of thiazole rings is 1. The van der Waals surface area contributed by atoms with Gasteiger partial charge in [0.1, 0.15) is 5.82 Å². The highest BCUT2D eigenvalue weighted by atomic mass is 32.1. The summed E-state index contributed by atoms with van der Waals surface area (Å²) in [4.78, 5) is 10.9. The SMILES string of the molecule is Cc1cc(C2C(c3ccc4ncsc4c3)=CC=CN2Cc2cccnc2)ccc1F. The van der Waals surface area contributed by atoms with Gasteiger partial charge in [0.15, 0.2) is 0 Å². The minimum Gasteiger partial charge on any atom is -0.362 e. The molecule has 5 heteroatoms. The normalized spacial score (nSPS) is 16.1. The standard InChI is InChI=1S/C25H20FN3S/c1-17-12-20(6-8-22(17)26)25-21(19-7-9-23-24(13-19)30-16-28-23)5-3-11-29(25)15-18-4-2-10-27-14-18/h2-14,16,25H,15H2,1H3. The van der Waals surface area contributed by atoms with Crippen molar-refractivity contribution in [3.8, 4) is 0 Å². The van der Waals surface area contributed by atoms with Gasteiger partial charge in [-0.25, -0.2) is 9.37 Å². The Labute approximate surface area is 178 Å². The first-order chi connectivity index (χ1) is 14.7. The first-order valence-electron chi connectivity index (χ1n) is 9.82. The minimum absolute atomic E-state index is 0.0279. The number of hydrogen-bond acceptors (Lipinski definition) is 4. The lowest BCUT2D eigenvalue weighted by Crippen LogP contribution is -2.26. The van der Waals surface area contributed by atoms with Crippen molar-refractivity contribution in [1.82, 2.24) is 14.9 Å². The number of nitrogens with zero attached hydrogens (tertiary/aromatic N) is 3. The molecule has 0 bridgehead atoms.